The second-order valence-electron chi connectivity index (χ2n) is 2.65. The molecule has 3 N–H and O–H groups in total. The summed E-state index contributed by atoms with van der Waals surface area (Å²) in [6.45, 7) is 3.51. The first kappa shape index (κ1) is 12.5. The van der Waals surface area contributed by atoms with E-state index in [2.05, 4.69) is 6.58 Å². The standard InChI is InChI=1S/C10H10N2O.ClH/c1-2-9(12)8-5-7(6-11)3-4-10(8)13;/h2-5,9,13H,1,12H2;1H/t9-;/m0./s1. The lowest BCUT2D eigenvalue weighted by Crippen LogP contribution is -2.06. The molecule has 0 saturated carbocycles. The van der Waals surface area contributed by atoms with Gasteiger partial charge in [0.05, 0.1) is 17.7 Å². The van der Waals surface area contributed by atoms with Gasteiger partial charge in [-0.05, 0) is 18.2 Å². The molecule has 1 aromatic rings. The van der Waals surface area contributed by atoms with E-state index in [-0.39, 0.29) is 18.2 Å². The summed E-state index contributed by atoms with van der Waals surface area (Å²) < 4.78 is 0. The summed E-state index contributed by atoms with van der Waals surface area (Å²) >= 11 is 0. The Balaban J connectivity index is 0.00000169. The number of aromatic hydroxyl groups is 1. The third-order valence-electron chi connectivity index (χ3n) is 1.77. The van der Waals surface area contributed by atoms with Crippen molar-refractivity contribution in [3.63, 3.8) is 0 Å². The lowest BCUT2D eigenvalue weighted by atomic mass is 10.0. The summed E-state index contributed by atoms with van der Waals surface area (Å²) in [7, 11) is 0. The number of nitriles is 1. The predicted octanol–water partition coefficient (Wildman–Crippen LogP) is 1.87. The van der Waals surface area contributed by atoms with Gasteiger partial charge in [0.15, 0.2) is 0 Å². The minimum Gasteiger partial charge on any atom is -0.508 e. The average Bonchev–Trinajstić information content (AvgIpc) is 2.17. The van der Waals surface area contributed by atoms with Gasteiger partial charge in [-0.15, -0.1) is 19.0 Å². The molecule has 0 aliphatic rings. The van der Waals surface area contributed by atoms with Gasteiger partial charge in [0.1, 0.15) is 5.75 Å². The Kier molecular flexibility index (Phi) is 4.71. The number of phenols is 1. The van der Waals surface area contributed by atoms with Crippen molar-refractivity contribution in [3.05, 3.63) is 42.0 Å². The van der Waals surface area contributed by atoms with Gasteiger partial charge in [0.2, 0.25) is 0 Å². The van der Waals surface area contributed by atoms with Crippen LogP contribution < -0.4 is 5.73 Å². The monoisotopic (exact) mass is 210 g/mol. The first-order chi connectivity index (χ1) is 6.19. The number of halogens is 1. The molecule has 0 heterocycles. The molecule has 3 nitrogen and oxygen atoms in total. The molecule has 14 heavy (non-hydrogen) atoms. The zero-order chi connectivity index (χ0) is 9.84. The van der Waals surface area contributed by atoms with E-state index in [0.717, 1.165) is 0 Å². The number of hydrogen-bond acceptors (Lipinski definition) is 3. The Morgan fingerprint density at radius 1 is 1.57 bits per heavy atom. The van der Waals surface area contributed by atoms with Crippen LogP contribution in [0.15, 0.2) is 30.9 Å². The number of nitrogens with two attached hydrogens (primary N) is 1. The highest BCUT2D eigenvalue weighted by atomic mass is 35.5. The number of benzene rings is 1. The van der Waals surface area contributed by atoms with Crippen molar-refractivity contribution in [2.24, 2.45) is 5.73 Å². The minimum absolute atomic E-state index is 0. The third-order valence-corrected chi connectivity index (χ3v) is 1.77. The largest absolute Gasteiger partial charge is 0.508 e. The number of nitrogens with zero attached hydrogens (tertiary/aromatic N) is 1. The van der Waals surface area contributed by atoms with Crippen molar-refractivity contribution in [3.8, 4) is 11.8 Å². The van der Waals surface area contributed by atoms with Crippen LogP contribution in [0.4, 0.5) is 0 Å². The molecule has 1 aromatic carbocycles. The molecule has 0 saturated heterocycles. The maximum Gasteiger partial charge on any atom is 0.120 e. The molecule has 0 radical (unpaired) electrons. The molecule has 0 fully saturated rings. The summed E-state index contributed by atoms with van der Waals surface area (Å²) in [6.07, 6.45) is 1.51. The van der Waals surface area contributed by atoms with Gasteiger partial charge in [-0.25, -0.2) is 0 Å². The maximum atomic E-state index is 9.39. The fraction of sp³-hybridized carbons (Fsp3) is 0.100. The Labute approximate surface area is 88.9 Å². The van der Waals surface area contributed by atoms with E-state index in [1.807, 2.05) is 6.07 Å². The molecule has 0 aliphatic carbocycles. The van der Waals surface area contributed by atoms with Crippen molar-refractivity contribution in [2.45, 2.75) is 6.04 Å². The van der Waals surface area contributed by atoms with Gasteiger partial charge in [-0.2, -0.15) is 5.26 Å². The quantitative estimate of drug-likeness (QED) is 0.733. The van der Waals surface area contributed by atoms with Crippen LogP contribution in [0, 0.1) is 11.3 Å². The lowest BCUT2D eigenvalue weighted by molar-refractivity contribution is 0.466. The first-order valence-electron chi connectivity index (χ1n) is 3.80. The van der Waals surface area contributed by atoms with Crippen LogP contribution in [0.25, 0.3) is 0 Å². The van der Waals surface area contributed by atoms with Crippen molar-refractivity contribution < 1.29 is 5.11 Å². The minimum atomic E-state index is -0.437. The summed E-state index contributed by atoms with van der Waals surface area (Å²) in [5.41, 5.74) is 6.63. The number of rotatable bonds is 2. The molecule has 4 heteroatoms. The Hall–Kier alpha value is -1.50. The van der Waals surface area contributed by atoms with E-state index in [0.29, 0.717) is 11.1 Å². The molecular formula is C10H11ClN2O. The maximum absolute atomic E-state index is 9.39. The Morgan fingerprint density at radius 3 is 2.71 bits per heavy atom. The number of hydrogen-bond donors (Lipinski definition) is 2. The molecule has 0 unspecified atom stereocenters. The van der Waals surface area contributed by atoms with Gasteiger partial charge < -0.3 is 10.8 Å². The van der Waals surface area contributed by atoms with Gasteiger partial charge in [-0.3, -0.25) is 0 Å². The van der Waals surface area contributed by atoms with E-state index in [1.165, 1.54) is 18.2 Å². The molecule has 0 aromatic heterocycles. The highest BCUT2D eigenvalue weighted by Crippen LogP contribution is 2.23. The van der Waals surface area contributed by atoms with Gasteiger partial charge in [0, 0.05) is 5.56 Å². The average molecular weight is 211 g/mol. The van der Waals surface area contributed by atoms with E-state index < -0.39 is 6.04 Å². The van der Waals surface area contributed by atoms with Crippen LogP contribution in [-0.4, -0.2) is 5.11 Å². The van der Waals surface area contributed by atoms with E-state index >= 15 is 0 Å². The van der Waals surface area contributed by atoms with Crippen LogP contribution in [-0.2, 0) is 0 Å². The summed E-state index contributed by atoms with van der Waals surface area (Å²) in [6, 6.07) is 6.08. The first-order valence-corrected chi connectivity index (χ1v) is 3.80. The fourth-order valence-electron chi connectivity index (χ4n) is 1.02. The smallest absolute Gasteiger partial charge is 0.120 e. The normalized spacial score (nSPS) is 10.9. The topological polar surface area (TPSA) is 70.0 Å². The predicted molar refractivity (Wildman–Crippen MR) is 57.2 cm³/mol. The van der Waals surface area contributed by atoms with Crippen LogP contribution in [0.2, 0.25) is 0 Å². The zero-order valence-corrected chi connectivity index (χ0v) is 8.29. The van der Waals surface area contributed by atoms with Gasteiger partial charge in [-0.1, -0.05) is 6.08 Å². The second kappa shape index (κ2) is 5.28. The SMILES string of the molecule is C=C[C@H](N)c1cc(C#N)ccc1O.Cl. The van der Waals surface area contributed by atoms with Crippen LogP contribution >= 0.6 is 12.4 Å². The third kappa shape index (κ3) is 2.49. The van der Waals surface area contributed by atoms with Gasteiger partial charge >= 0.3 is 0 Å². The molecule has 1 rings (SSSR count). The van der Waals surface area contributed by atoms with Crippen LogP contribution in [0.3, 0.4) is 0 Å². The fourth-order valence-corrected chi connectivity index (χ4v) is 1.02. The lowest BCUT2D eigenvalue weighted by Gasteiger charge is -2.08. The molecule has 0 amide bonds. The number of phenolic OH excluding ortho intramolecular Hbond substituents is 1. The van der Waals surface area contributed by atoms with E-state index in [1.54, 1.807) is 6.07 Å². The van der Waals surface area contributed by atoms with Crippen LogP contribution in [0.5, 0.6) is 5.75 Å². The van der Waals surface area contributed by atoms with Crippen molar-refractivity contribution in [2.75, 3.05) is 0 Å². The van der Waals surface area contributed by atoms with Crippen molar-refractivity contribution in [1.82, 2.24) is 0 Å². The van der Waals surface area contributed by atoms with E-state index in [4.69, 9.17) is 11.0 Å². The molecule has 0 aliphatic heterocycles. The second-order valence-corrected chi connectivity index (χ2v) is 2.65. The summed E-state index contributed by atoms with van der Waals surface area (Å²) in [5.74, 6) is 0.0893. The van der Waals surface area contributed by atoms with E-state index in [9.17, 15) is 5.11 Å². The molecule has 0 bridgehead atoms. The molecular weight excluding hydrogens is 200 g/mol. The zero-order valence-electron chi connectivity index (χ0n) is 7.47. The van der Waals surface area contributed by atoms with Gasteiger partial charge in [0.25, 0.3) is 0 Å². The molecule has 1 atom stereocenters. The Morgan fingerprint density at radius 2 is 2.21 bits per heavy atom. The highest BCUT2D eigenvalue weighted by molar-refractivity contribution is 5.85. The summed E-state index contributed by atoms with van der Waals surface area (Å²) in [4.78, 5) is 0. The Bertz CT molecular complexity index is 371. The highest BCUT2D eigenvalue weighted by Gasteiger charge is 2.07. The van der Waals surface area contributed by atoms with Crippen molar-refractivity contribution in [1.29, 1.82) is 5.26 Å². The molecule has 0 spiro atoms. The van der Waals surface area contributed by atoms with Crippen molar-refractivity contribution >= 4 is 12.4 Å². The van der Waals surface area contributed by atoms with Crippen LogP contribution in [0.1, 0.15) is 17.2 Å². The summed E-state index contributed by atoms with van der Waals surface area (Å²) in [5, 5.41) is 18.0. The molecule has 74 valence electrons.